The molecule has 1 unspecified atom stereocenters. The van der Waals surface area contributed by atoms with Crippen LogP contribution in [-0.4, -0.2) is 61.5 Å². The van der Waals surface area contributed by atoms with Gasteiger partial charge in [-0.2, -0.15) is 0 Å². The summed E-state index contributed by atoms with van der Waals surface area (Å²) in [5.41, 5.74) is 1.43. The Balaban J connectivity index is 1.15. The van der Waals surface area contributed by atoms with Crippen LogP contribution in [0.25, 0.3) is 0 Å². The lowest BCUT2D eigenvalue weighted by Gasteiger charge is -2.36. The summed E-state index contributed by atoms with van der Waals surface area (Å²) in [7, 11) is -3.84. The van der Waals surface area contributed by atoms with E-state index >= 15 is 0 Å². The number of phosphoric acid groups is 1. The minimum Gasteiger partial charge on any atom is -0.377 e. The molecule has 1 atom stereocenters. The number of phosphoric ester groups is 1. The first kappa shape index (κ1) is 42.0. The zero-order chi connectivity index (χ0) is 38.0. The van der Waals surface area contributed by atoms with Crippen molar-refractivity contribution in [2.45, 2.75) is 96.2 Å². The highest BCUT2D eigenvalue weighted by Gasteiger charge is 2.38. The average Bonchev–Trinajstić information content (AvgIpc) is 3.46. The van der Waals surface area contributed by atoms with E-state index < -0.39 is 36.8 Å². The Hall–Kier alpha value is -3.70. The number of amides is 2. The molecular formula is C41H54NO10P. The Labute approximate surface area is 313 Å². The lowest BCUT2D eigenvalue weighted by Crippen LogP contribution is -2.34. The minimum atomic E-state index is -3.84. The summed E-state index contributed by atoms with van der Waals surface area (Å²) in [6, 6.07) is 30.4. The molecule has 288 valence electrons. The number of rotatable bonds is 24. The largest absolute Gasteiger partial charge is 0.475 e. The quantitative estimate of drug-likeness (QED) is 0.0380. The smallest absolute Gasteiger partial charge is 0.377 e. The summed E-state index contributed by atoms with van der Waals surface area (Å²) in [4.78, 5) is 39.9. The molecule has 0 aromatic heterocycles. The third-order valence-electron chi connectivity index (χ3n) is 8.42. The van der Waals surface area contributed by atoms with Crippen molar-refractivity contribution in [1.29, 1.82) is 0 Å². The minimum absolute atomic E-state index is 0.0206. The van der Waals surface area contributed by atoms with Gasteiger partial charge in [-0.1, -0.05) is 123 Å². The summed E-state index contributed by atoms with van der Waals surface area (Å²) in [6.45, 7) is 6.38. The molecule has 0 bridgehead atoms. The van der Waals surface area contributed by atoms with Crippen LogP contribution >= 0.6 is 7.82 Å². The highest BCUT2D eigenvalue weighted by Crippen LogP contribution is 2.52. The lowest BCUT2D eigenvalue weighted by atomic mass is 9.80. The van der Waals surface area contributed by atoms with E-state index in [9.17, 15) is 18.9 Å². The molecule has 4 rings (SSSR count). The maximum atomic E-state index is 13.5. The van der Waals surface area contributed by atoms with Gasteiger partial charge in [-0.15, -0.1) is 5.06 Å². The molecular weight excluding hydrogens is 697 g/mol. The summed E-state index contributed by atoms with van der Waals surface area (Å²) in [5, 5.41) is 0.584. The summed E-state index contributed by atoms with van der Waals surface area (Å²) in [5.74, 6) is -1.51. The SMILES string of the molecule is CC(C)(C)OP(=O)(OCCCCCCCCCC(=O)ON1C(=O)CCC1=O)OCCOCCOC(c1ccccc1)(c1ccccc1)c1ccccc1. The Bertz CT molecular complexity index is 1480. The van der Waals surface area contributed by atoms with E-state index in [1.54, 1.807) is 20.8 Å². The van der Waals surface area contributed by atoms with Gasteiger partial charge in [0.2, 0.25) is 0 Å². The molecule has 1 fully saturated rings. The number of nitrogens with zero attached hydrogens (tertiary/aromatic N) is 1. The second-order valence-corrected chi connectivity index (χ2v) is 15.4. The first-order valence-corrected chi connectivity index (χ1v) is 20.0. The molecule has 0 aliphatic carbocycles. The number of hydrogen-bond acceptors (Lipinski definition) is 10. The third kappa shape index (κ3) is 13.6. The van der Waals surface area contributed by atoms with Crippen molar-refractivity contribution in [2.24, 2.45) is 0 Å². The summed E-state index contributed by atoms with van der Waals surface area (Å²) in [6.07, 6.45) is 6.18. The van der Waals surface area contributed by atoms with Crippen molar-refractivity contribution in [3.63, 3.8) is 0 Å². The van der Waals surface area contributed by atoms with Gasteiger partial charge in [0.25, 0.3) is 11.8 Å². The van der Waals surface area contributed by atoms with Gasteiger partial charge in [0.05, 0.1) is 38.6 Å². The Kier molecular flexibility index (Phi) is 16.9. The monoisotopic (exact) mass is 751 g/mol. The van der Waals surface area contributed by atoms with Crippen LogP contribution in [0.5, 0.6) is 0 Å². The van der Waals surface area contributed by atoms with Gasteiger partial charge >= 0.3 is 13.8 Å². The Morgan fingerprint density at radius 3 is 1.58 bits per heavy atom. The lowest BCUT2D eigenvalue weighted by molar-refractivity contribution is -0.197. The Morgan fingerprint density at radius 1 is 0.623 bits per heavy atom. The maximum Gasteiger partial charge on any atom is 0.475 e. The predicted octanol–water partition coefficient (Wildman–Crippen LogP) is 8.70. The number of benzene rings is 3. The second-order valence-electron chi connectivity index (χ2n) is 13.8. The molecule has 0 saturated carbocycles. The molecule has 0 N–H and O–H groups in total. The van der Waals surface area contributed by atoms with Gasteiger partial charge in [0, 0.05) is 19.3 Å². The van der Waals surface area contributed by atoms with Gasteiger partial charge in [0.15, 0.2) is 0 Å². The van der Waals surface area contributed by atoms with Crippen LogP contribution in [-0.2, 0) is 52.4 Å². The van der Waals surface area contributed by atoms with Crippen LogP contribution in [0.3, 0.4) is 0 Å². The number of hydrogen-bond donors (Lipinski definition) is 0. The van der Waals surface area contributed by atoms with Crippen molar-refractivity contribution in [1.82, 2.24) is 5.06 Å². The molecule has 12 heteroatoms. The molecule has 11 nitrogen and oxygen atoms in total. The van der Waals surface area contributed by atoms with E-state index in [0.29, 0.717) is 24.5 Å². The molecule has 3 aromatic carbocycles. The highest BCUT2D eigenvalue weighted by atomic mass is 31.2. The number of ether oxygens (including phenoxy) is 2. The zero-order valence-corrected chi connectivity index (χ0v) is 32.1. The van der Waals surface area contributed by atoms with E-state index in [1.165, 1.54) is 0 Å². The molecule has 1 aliphatic heterocycles. The van der Waals surface area contributed by atoms with Crippen molar-refractivity contribution in [2.75, 3.05) is 33.0 Å². The number of imide groups is 1. The second kappa shape index (κ2) is 21.3. The van der Waals surface area contributed by atoms with Gasteiger partial charge < -0.3 is 14.3 Å². The first-order valence-electron chi connectivity index (χ1n) is 18.6. The molecule has 1 saturated heterocycles. The molecule has 1 aliphatic rings. The fourth-order valence-electron chi connectivity index (χ4n) is 5.99. The molecule has 0 spiro atoms. The number of carbonyl (C=O) groups excluding carboxylic acids is 3. The van der Waals surface area contributed by atoms with Gasteiger partial charge in [0.1, 0.15) is 5.60 Å². The standard InChI is InChI=1S/C41H54NO10P/c1-40(2,3)52-53(46,49-29-19-8-6-4-5-7-18-26-39(45)51-42-37(43)27-28-38(42)44)50-33-31-47-30-32-48-41(34-20-12-9-13-21-34,35-22-14-10-15-23-35)36-24-16-11-17-25-36/h9-17,20-25H,4-8,18-19,26-33H2,1-3H3. The predicted molar refractivity (Wildman–Crippen MR) is 200 cm³/mol. The van der Waals surface area contributed by atoms with Crippen LogP contribution in [0.15, 0.2) is 91.0 Å². The topological polar surface area (TPSA) is 127 Å². The van der Waals surface area contributed by atoms with E-state index in [-0.39, 0.29) is 45.7 Å². The van der Waals surface area contributed by atoms with E-state index in [0.717, 1.165) is 48.8 Å². The maximum absolute atomic E-state index is 13.5. The number of unbranched alkanes of at least 4 members (excludes halogenated alkanes) is 6. The van der Waals surface area contributed by atoms with Gasteiger partial charge in [-0.3, -0.25) is 23.2 Å². The molecule has 0 radical (unpaired) electrons. The summed E-state index contributed by atoms with van der Waals surface area (Å²) < 4.78 is 43.2. The molecule has 3 aromatic rings. The van der Waals surface area contributed by atoms with Crippen molar-refractivity contribution in [3.8, 4) is 0 Å². The van der Waals surface area contributed by atoms with E-state index in [1.807, 2.05) is 54.6 Å². The zero-order valence-electron chi connectivity index (χ0n) is 31.2. The van der Waals surface area contributed by atoms with Gasteiger partial charge in [-0.05, 0) is 50.3 Å². The Morgan fingerprint density at radius 2 is 1.08 bits per heavy atom. The number of carbonyl (C=O) groups is 3. The van der Waals surface area contributed by atoms with Crippen LogP contribution in [0.2, 0.25) is 0 Å². The number of hydroxylamine groups is 2. The van der Waals surface area contributed by atoms with Crippen LogP contribution in [0.4, 0.5) is 0 Å². The van der Waals surface area contributed by atoms with E-state index in [2.05, 4.69) is 36.4 Å². The molecule has 53 heavy (non-hydrogen) atoms. The van der Waals surface area contributed by atoms with Gasteiger partial charge in [-0.25, -0.2) is 9.36 Å². The molecule has 1 heterocycles. The highest BCUT2D eigenvalue weighted by molar-refractivity contribution is 7.48. The van der Waals surface area contributed by atoms with Crippen molar-refractivity contribution < 1.29 is 46.8 Å². The fraction of sp³-hybridized carbons (Fsp3) is 0.488. The van der Waals surface area contributed by atoms with Crippen LogP contribution in [0.1, 0.15) is 102 Å². The molecule has 2 amide bonds. The summed E-state index contributed by atoms with van der Waals surface area (Å²) >= 11 is 0. The van der Waals surface area contributed by atoms with Crippen LogP contribution < -0.4 is 0 Å². The van der Waals surface area contributed by atoms with E-state index in [4.69, 9.17) is 27.9 Å². The normalized spacial score (nSPS) is 14.7. The van der Waals surface area contributed by atoms with Crippen molar-refractivity contribution in [3.05, 3.63) is 108 Å². The first-order chi connectivity index (χ1) is 25.5. The fourth-order valence-corrected chi connectivity index (χ4v) is 7.50. The van der Waals surface area contributed by atoms with Crippen molar-refractivity contribution >= 4 is 25.6 Å². The third-order valence-corrected chi connectivity index (χ3v) is 10.2. The van der Waals surface area contributed by atoms with Crippen LogP contribution in [0, 0.1) is 0 Å². The average molecular weight is 752 g/mol.